The van der Waals surface area contributed by atoms with E-state index >= 15 is 0 Å². The maximum absolute atomic E-state index is 10.4. The van der Waals surface area contributed by atoms with Gasteiger partial charge in [0, 0.05) is 24.4 Å². The fourth-order valence-electron chi connectivity index (χ4n) is 2.38. The van der Waals surface area contributed by atoms with Crippen LogP contribution in [-0.4, -0.2) is 55.7 Å². The predicted molar refractivity (Wildman–Crippen MR) is 104 cm³/mol. The SMILES string of the molecule is BC(B)(B)n1cc(-c2ccc(-c3ccc(NC)nn3)c(O)c2)cn1. The molecule has 0 aliphatic carbocycles. The number of anilines is 1. The normalized spacial score (nSPS) is 11.4. The Kier molecular flexibility index (Phi) is 4.09. The molecule has 0 aliphatic heterocycles. The lowest BCUT2D eigenvalue weighted by molar-refractivity contribution is 0.477. The lowest BCUT2D eigenvalue weighted by Gasteiger charge is -2.18. The summed E-state index contributed by atoms with van der Waals surface area (Å²) in [6.07, 6.45) is 3.79. The monoisotopic (exact) mass is 317 g/mol. The van der Waals surface area contributed by atoms with Crippen molar-refractivity contribution in [2.24, 2.45) is 0 Å². The first kappa shape index (κ1) is 16.2. The summed E-state index contributed by atoms with van der Waals surface area (Å²) in [5, 5.41) is 25.8. The number of nitrogens with zero attached hydrogens (tertiary/aromatic N) is 4. The second-order valence-electron chi connectivity index (χ2n) is 6.63. The van der Waals surface area contributed by atoms with E-state index in [1.807, 2.05) is 35.1 Å². The molecule has 9 heteroatoms. The average Bonchev–Trinajstić information content (AvgIpc) is 3.05. The molecular formula is C15H18B3N5O. The number of nitrogens with one attached hydrogen (secondary N) is 1. The third-order valence-corrected chi connectivity index (χ3v) is 3.80. The Morgan fingerprint density at radius 3 is 2.42 bits per heavy atom. The van der Waals surface area contributed by atoms with Crippen LogP contribution in [0.2, 0.25) is 0 Å². The molecule has 0 spiro atoms. The highest BCUT2D eigenvalue weighted by Crippen LogP contribution is 2.32. The number of phenols is 1. The number of aromatic hydroxyl groups is 1. The molecule has 0 aliphatic rings. The average molecular weight is 317 g/mol. The third kappa shape index (κ3) is 3.15. The molecule has 2 heterocycles. The van der Waals surface area contributed by atoms with Crippen molar-refractivity contribution in [1.82, 2.24) is 20.0 Å². The van der Waals surface area contributed by atoms with Crippen molar-refractivity contribution in [3.8, 4) is 28.1 Å². The summed E-state index contributed by atoms with van der Waals surface area (Å²) in [4.78, 5) is 0. The van der Waals surface area contributed by atoms with Crippen LogP contribution in [0.3, 0.4) is 0 Å². The Bertz CT molecular complexity index is 858. The summed E-state index contributed by atoms with van der Waals surface area (Å²) in [6.45, 7) is 0. The van der Waals surface area contributed by atoms with Crippen molar-refractivity contribution < 1.29 is 5.11 Å². The summed E-state index contributed by atoms with van der Waals surface area (Å²) in [5.41, 5.74) is 3.15. The molecule has 118 valence electrons. The summed E-state index contributed by atoms with van der Waals surface area (Å²) < 4.78 is 1.91. The van der Waals surface area contributed by atoms with Gasteiger partial charge < -0.3 is 10.4 Å². The van der Waals surface area contributed by atoms with E-state index in [1.54, 1.807) is 19.3 Å². The van der Waals surface area contributed by atoms with E-state index in [0.29, 0.717) is 17.1 Å². The number of rotatable bonds is 4. The van der Waals surface area contributed by atoms with Gasteiger partial charge in [-0.1, -0.05) is 6.07 Å². The van der Waals surface area contributed by atoms with Crippen molar-refractivity contribution in [3.05, 3.63) is 42.7 Å². The molecule has 0 saturated carbocycles. The molecule has 0 bridgehead atoms. The van der Waals surface area contributed by atoms with Crippen molar-refractivity contribution in [3.63, 3.8) is 0 Å². The maximum atomic E-state index is 10.4. The van der Waals surface area contributed by atoms with Crippen LogP contribution >= 0.6 is 0 Å². The van der Waals surface area contributed by atoms with Gasteiger partial charge in [-0.25, -0.2) is 0 Å². The standard InChI is InChI=1S/C15H18B3N5O/c1-19-14-5-4-12(21-22-14)11-3-2-9(6-13(11)24)10-7-20-23(8-10)15(16,17)18/h2-8,24H,16-18H2,1H3,(H,19,22). The molecule has 0 amide bonds. The molecule has 2 aromatic heterocycles. The molecule has 0 unspecified atom stereocenters. The number of hydrogen-bond acceptors (Lipinski definition) is 5. The number of aromatic nitrogens is 4. The van der Waals surface area contributed by atoms with E-state index in [2.05, 4.69) is 44.2 Å². The molecule has 1 aromatic carbocycles. The molecule has 0 radical (unpaired) electrons. The second-order valence-corrected chi connectivity index (χ2v) is 6.63. The highest BCUT2D eigenvalue weighted by atomic mass is 16.3. The van der Waals surface area contributed by atoms with E-state index in [-0.39, 0.29) is 11.0 Å². The Morgan fingerprint density at radius 2 is 1.88 bits per heavy atom. The fourth-order valence-corrected chi connectivity index (χ4v) is 2.38. The Labute approximate surface area is 143 Å². The van der Waals surface area contributed by atoms with Crippen LogP contribution < -0.4 is 5.32 Å². The van der Waals surface area contributed by atoms with Gasteiger partial charge >= 0.3 is 0 Å². The topological polar surface area (TPSA) is 75.9 Å². The van der Waals surface area contributed by atoms with E-state index in [4.69, 9.17) is 0 Å². The molecule has 0 saturated heterocycles. The quantitative estimate of drug-likeness (QED) is 0.618. The minimum absolute atomic E-state index is 0.0785. The number of benzene rings is 1. The lowest BCUT2D eigenvalue weighted by atomic mass is 9.49. The van der Waals surface area contributed by atoms with Crippen LogP contribution in [-0.2, 0) is 5.24 Å². The highest BCUT2D eigenvalue weighted by Gasteiger charge is 2.16. The van der Waals surface area contributed by atoms with Gasteiger partial charge in [-0.2, -0.15) is 5.10 Å². The third-order valence-electron chi connectivity index (χ3n) is 3.80. The second kappa shape index (κ2) is 6.07. The zero-order valence-electron chi connectivity index (χ0n) is 14.3. The van der Waals surface area contributed by atoms with E-state index in [9.17, 15) is 5.11 Å². The molecular weight excluding hydrogens is 299 g/mol. The summed E-state index contributed by atoms with van der Waals surface area (Å²) >= 11 is 0. The van der Waals surface area contributed by atoms with Crippen molar-refractivity contribution in [2.45, 2.75) is 5.24 Å². The van der Waals surface area contributed by atoms with Crippen LogP contribution in [0, 0.1) is 0 Å². The summed E-state index contributed by atoms with van der Waals surface area (Å²) in [6, 6.07) is 9.18. The number of hydrogen-bond donors (Lipinski definition) is 2. The molecule has 0 fully saturated rings. The van der Waals surface area contributed by atoms with E-state index in [0.717, 1.165) is 11.1 Å². The van der Waals surface area contributed by atoms with Gasteiger partial charge in [0.05, 0.1) is 11.9 Å². The molecule has 3 aromatic rings. The van der Waals surface area contributed by atoms with Crippen LogP contribution in [0.5, 0.6) is 5.75 Å². The Hall–Kier alpha value is -2.70. The Morgan fingerprint density at radius 1 is 1.08 bits per heavy atom. The largest absolute Gasteiger partial charge is 0.507 e. The van der Waals surface area contributed by atoms with Crippen LogP contribution in [0.1, 0.15) is 0 Å². The molecule has 2 N–H and O–H groups in total. The van der Waals surface area contributed by atoms with Crippen molar-refractivity contribution in [1.29, 1.82) is 0 Å². The van der Waals surface area contributed by atoms with Crippen LogP contribution in [0.15, 0.2) is 42.7 Å². The number of phenolic OH excluding ortho intramolecular Hbond substituents is 1. The summed E-state index contributed by atoms with van der Waals surface area (Å²) in [7, 11) is 8.07. The molecule has 0 atom stereocenters. The predicted octanol–water partition coefficient (Wildman–Crippen LogP) is -0.779. The van der Waals surface area contributed by atoms with Gasteiger partial charge in [-0.15, -0.1) is 10.2 Å². The van der Waals surface area contributed by atoms with Crippen LogP contribution in [0.25, 0.3) is 22.4 Å². The smallest absolute Gasteiger partial charge is 0.148 e. The van der Waals surface area contributed by atoms with Gasteiger partial charge in [-0.3, -0.25) is 4.68 Å². The summed E-state index contributed by atoms with van der Waals surface area (Å²) in [5.74, 6) is 0.854. The zero-order valence-corrected chi connectivity index (χ0v) is 14.3. The minimum Gasteiger partial charge on any atom is -0.507 e. The first-order valence-corrected chi connectivity index (χ1v) is 7.79. The van der Waals surface area contributed by atoms with Crippen molar-refractivity contribution >= 4 is 29.4 Å². The van der Waals surface area contributed by atoms with Gasteiger partial charge in [0.25, 0.3) is 0 Å². The van der Waals surface area contributed by atoms with Crippen LogP contribution in [0.4, 0.5) is 5.82 Å². The van der Waals surface area contributed by atoms with Gasteiger partial charge in [0.2, 0.25) is 0 Å². The fraction of sp³-hybridized carbons (Fsp3) is 0.133. The van der Waals surface area contributed by atoms with Crippen molar-refractivity contribution in [2.75, 3.05) is 12.4 Å². The lowest BCUT2D eigenvalue weighted by Crippen LogP contribution is -2.35. The molecule has 3 rings (SSSR count). The van der Waals surface area contributed by atoms with Gasteiger partial charge in [-0.05, 0) is 35.1 Å². The van der Waals surface area contributed by atoms with Gasteiger partial charge in [0.1, 0.15) is 35.1 Å². The van der Waals surface area contributed by atoms with E-state index in [1.165, 1.54) is 0 Å². The van der Waals surface area contributed by atoms with Gasteiger partial charge in [0.15, 0.2) is 0 Å². The highest BCUT2D eigenvalue weighted by molar-refractivity contribution is 6.56. The molecule has 6 nitrogen and oxygen atoms in total. The zero-order chi connectivity index (χ0) is 17.3. The maximum Gasteiger partial charge on any atom is 0.148 e. The first-order valence-electron chi connectivity index (χ1n) is 7.79. The van der Waals surface area contributed by atoms with E-state index < -0.39 is 0 Å². The molecule has 24 heavy (non-hydrogen) atoms. The minimum atomic E-state index is -0.0785. The Balaban J connectivity index is 1.93. The first-order chi connectivity index (χ1) is 11.4.